The Morgan fingerprint density at radius 1 is 1.11 bits per heavy atom. The molecule has 1 aliphatic carbocycles. The summed E-state index contributed by atoms with van der Waals surface area (Å²) in [5.74, 6) is 0. The molecule has 1 unspecified atom stereocenters. The van der Waals surface area contributed by atoms with E-state index in [2.05, 4.69) is 44.4 Å². The summed E-state index contributed by atoms with van der Waals surface area (Å²) in [5, 5.41) is 3.50. The molecule has 1 aromatic rings. The largest absolute Gasteiger partial charge is 0.376 e. The van der Waals surface area contributed by atoms with Crippen molar-refractivity contribution in [3.8, 4) is 0 Å². The molecule has 1 N–H and O–H groups in total. The van der Waals surface area contributed by atoms with Crippen LogP contribution in [-0.2, 0) is 4.74 Å². The molecule has 0 heterocycles. The zero-order valence-corrected chi connectivity index (χ0v) is 12.8. The Morgan fingerprint density at radius 3 is 2.32 bits per heavy atom. The highest BCUT2D eigenvalue weighted by Crippen LogP contribution is 2.41. The van der Waals surface area contributed by atoms with E-state index in [0.717, 1.165) is 12.8 Å². The van der Waals surface area contributed by atoms with Gasteiger partial charge in [-0.1, -0.05) is 37.5 Å². The van der Waals surface area contributed by atoms with E-state index in [1.54, 1.807) is 0 Å². The van der Waals surface area contributed by atoms with Gasteiger partial charge >= 0.3 is 0 Å². The maximum absolute atomic E-state index is 5.99. The van der Waals surface area contributed by atoms with Crippen molar-refractivity contribution in [3.63, 3.8) is 0 Å². The van der Waals surface area contributed by atoms with Gasteiger partial charge < -0.3 is 10.1 Å². The highest BCUT2D eigenvalue weighted by molar-refractivity contribution is 5.33. The van der Waals surface area contributed by atoms with E-state index in [1.165, 1.54) is 36.0 Å². The fourth-order valence-corrected chi connectivity index (χ4v) is 3.44. The topological polar surface area (TPSA) is 21.3 Å². The monoisotopic (exact) mass is 261 g/mol. The summed E-state index contributed by atoms with van der Waals surface area (Å²) >= 11 is 0. The van der Waals surface area contributed by atoms with Gasteiger partial charge in [-0.15, -0.1) is 0 Å². The van der Waals surface area contributed by atoms with Crippen molar-refractivity contribution in [3.05, 3.63) is 34.9 Å². The molecule has 1 aromatic carbocycles. The number of ether oxygens (including phenoxy) is 1. The molecule has 0 aromatic heterocycles. The van der Waals surface area contributed by atoms with E-state index in [-0.39, 0.29) is 11.6 Å². The highest BCUT2D eigenvalue weighted by Gasteiger charge is 2.40. The molecule has 0 radical (unpaired) electrons. The second-order valence-corrected chi connectivity index (χ2v) is 5.89. The lowest BCUT2D eigenvalue weighted by Gasteiger charge is -2.42. The van der Waals surface area contributed by atoms with Crippen LogP contribution in [-0.4, -0.2) is 19.8 Å². The normalized spacial score (nSPS) is 20.2. The van der Waals surface area contributed by atoms with Crippen LogP contribution in [0.2, 0.25) is 0 Å². The van der Waals surface area contributed by atoms with E-state index in [9.17, 15) is 0 Å². The van der Waals surface area contributed by atoms with Crippen LogP contribution in [0.3, 0.4) is 0 Å². The van der Waals surface area contributed by atoms with Gasteiger partial charge in [0, 0.05) is 7.11 Å². The van der Waals surface area contributed by atoms with Gasteiger partial charge in [-0.25, -0.2) is 0 Å². The van der Waals surface area contributed by atoms with Gasteiger partial charge in [0.1, 0.15) is 0 Å². The van der Waals surface area contributed by atoms with Crippen LogP contribution >= 0.6 is 0 Å². The summed E-state index contributed by atoms with van der Waals surface area (Å²) in [4.78, 5) is 0. The molecule has 2 rings (SSSR count). The van der Waals surface area contributed by atoms with Gasteiger partial charge in [-0.3, -0.25) is 0 Å². The van der Waals surface area contributed by atoms with E-state index >= 15 is 0 Å². The van der Waals surface area contributed by atoms with Crippen LogP contribution in [0, 0.1) is 13.8 Å². The molecule has 0 bridgehead atoms. The lowest BCUT2D eigenvalue weighted by atomic mass is 9.76. The minimum Gasteiger partial charge on any atom is -0.376 e. The number of benzene rings is 1. The first-order valence-corrected chi connectivity index (χ1v) is 7.42. The average Bonchev–Trinajstić information content (AvgIpc) is 2.44. The molecular weight excluding hydrogens is 234 g/mol. The van der Waals surface area contributed by atoms with Crippen molar-refractivity contribution in [2.45, 2.75) is 57.6 Å². The third-order valence-electron chi connectivity index (χ3n) is 4.79. The van der Waals surface area contributed by atoms with Gasteiger partial charge in [-0.2, -0.15) is 0 Å². The zero-order chi connectivity index (χ0) is 13.9. The van der Waals surface area contributed by atoms with Gasteiger partial charge in [0.2, 0.25) is 0 Å². The Hall–Kier alpha value is -0.860. The molecule has 0 saturated heterocycles. The molecule has 0 aliphatic heterocycles. The molecular formula is C17H27NO. The second-order valence-electron chi connectivity index (χ2n) is 5.89. The second kappa shape index (κ2) is 6.06. The molecule has 0 amide bonds. The zero-order valence-electron chi connectivity index (χ0n) is 12.8. The van der Waals surface area contributed by atoms with E-state index < -0.39 is 0 Å². The number of rotatable bonds is 4. The molecule has 19 heavy (non-hydrogen) atoms. The van der Waals surface area contributed by atoms with Crippen molar-refractivity contribution >= 4 is 0 Å². The Labute approximate surface area is 117 Å². The number of hydrogen-bond donors (Lipinski definition) is 1. The summed E-state index contributed by atoms with van der Waals surface area (Å²) in [6.07, 6.45) is 6.20. The lowest BCUT2D eigenvalue weighted by molar-refractivity contribution is -0.0671. The van der Waals surface area contributed by atoms with Crippen LogP contribution in [0.25, 0.3) is 0 Å². The fourth-order valence-electron chi connectivity index (χ4n) is 3.44. The molecule has 1 saturated carbocycles. The predicted molar refractivity (Wildman–Crippen MR) is 80.5 cm³/mol. The maximum Gasteiger partial charge on any atom is 0.0872 e. The Balaban J connectivity index is 2.33. The first-order chi connectivity index (χ1) is 9.13. The summed E-state index contributed by atoms with van der Waals surface area (Å²) in [6, 6.07) is 7.07. The Morgan fingerprint density at radius 2 is 1.79 bits per heavy atom. The van der Waals surface area contributed by atoms with Gasteiger partial charge in [0.25, 0.3) is 0 Å². The summed E-state index contributed by atoms with van der Waals surface area (Å²) in [5.41, 5.74) is 4.04. The van der Waals surface area contributed by atoms with Crippen molar-refractivity contribution in [2.75, 3.05) is 14.2 Å². The third kappa shape index (κ3) is 2.85. The Bertz CT molecular complexity index is 421. The van der Waals surface area contributed by atoms with Gasteiger partial charge in [-0.05, 0) is 50.4 Å². The minimum atomic E-state index is -0.0330. The maximum atomic E-state index is 5.99. The summed E-state index contributed by atoms with van der Waals surface area (Å²) in [6.45, 7) is 4.35. The predicted octanol–water partition coefficient (Wildman–Crippen LogP) is 3.91. The van der Waals surface area contributed by atoms with E-state index in [1.807, 2.05) is 7.11 Å². The number of aryl methyl sites for hydroxylation is 2. The van der Waals surface area contributed by atoms with E-state index in [4.69, 9.17) is 4.74 Å². The highest BCUT2D eigenvalue weighted by atomic mass is 16.5. The summed E-state index contributed by atoms with van der Waals surface area (Å²) < 4.78 is 5.99. The van der Waals surface area contributed by atoms with Crippen molar-refractivity contribution in [1.29, 1.82) is 0 Å². The number of nitrogens with one attached hydrogen (secondary N) is 1. The number of likely N-dealkylation sites (N-methyl/N-ethyl adjacent to an activating group) is 1. The smallest absolute Gasteiger partial charge is 0.0872 e. The lowest BCUT2D eigenvalue weighted by Crippen LogP contribution is -2.46. The number of hydrogen-bond acceptors (Lipinski definition) is 2. The summed E-state index contributed by atoms with van der Waals surface area (Å²) in [7, 11) is 3.92. The molecule has 2 heteroatoms. The minimum absolute atomic E-state index is 0.0330. The van der Waals surface area contributed by atoms with Crippen LogP contribution in [0.4, 0.5) is 0 Å². The molecule has 106 valence electrons. The average molecular weight is 261 g/mol. The molecule has 0 spiro atoms. The SMILES string of the molecule is CNC(c1ccc(C)c(C)c1)C1(OC)CCCCC1. The van der Waals surface area contributed by atoms with Gasteiger partial charge in [0.15, 0.2) is 0 Å². The fraction of sp³-hybridized carbons (Fsp3) is 0.647. The standard InChI is InChI=1S/C17H27NO/c1-13-8-9-15(12-14(13)2)16(18-3)17(19-4)10-6-5-7-11-17/h8-9,12,16,18H,5-7,10-11H2,1-4H3. The molecule has 2 nitrogen and oxygen atoms in total. The van der Waals surface area contributed by atoms with Crippen LogP contribution in [0.15, 0.2) is 18.2 Å². The van der Waals surface area contributed by atoms with Crippen LogP contribution < -0.4 is 5.32 Å². The van der Waals surface area contributed by atoms with E-state index in [0.29, 0.717) is 0 Å². The van der Waals surface area contributed by atoms with Crippen molar-refractivity contribution < 1.29 is 4.74 Å². The number of methoxy groups -OCH3 is 1. The van der Waals surface area contributed by atoms with Crippen LogP contribution in [0.1, 0.15) is 54.8 Å². The quantitative estimate of drug-likeness (QED) is 0.887. The third-order valence-corrected chi connectivity index (χ3v) is 4.79. The van der Waals surface area contributed by atoms with Crippen LogP contribution in [0.5, 0.6) is 0 Å². The first kappa shape index (κ1) is 14.5. The molecule has 1 fully saturated rings. The van der Waals surface area contributed by atoms with Crippen molar-refractivity contribution in [2.24, 2.45) is 0 Å². The molecule has 1 aliphatic rings. The molecule has 1 atom stereocenters. The first-order valence-electron chi connectivity index (χ1n) is 7.42. The van der Waals surface area contributed by atoms with Gasteiger partial charge in [0.05, 0.1) is 11.6 Å². The van der Waals surface area contributed by atoms with Crippen molar-refractivity contribution in [1.82, 2.24) is 5.32 Å². The Kier molecular flexibility index (Phi) is 4.64.